The third-order valence-corrected chi connectivity index (χ3v) is 3.22. The van der Waals surface area contributed by atoms with Crippen molar-refractivity contribution in [3.63, 3.8) is 0 Å². The quantitative estimate of drug-likeness (QED) is 0.821. The zero-order chi connectivity index (χ0) is 12.3. The summed E-state index contributed by atoms with van der Waals surface area (Å²) in [7, 11) is 1.73. The van der Waals surface area contributed by atoms with E-state index in [4.69, 9.17) is 4.74 Å². The minimum absolute atomic E-state index is 0.421. The summed E-state index contributed by atoms with van der Waals surface area (Å²) in [6.45, 7) is 3.44. The SMILES string of the molecule is COCCN(c1ccccc1[C@@H](C)O)C1CC1. The number of aliphatic hydroxyl groups excluding tert-OH is 1. The predicted molar refractivity (Wildman–Crippen MR) is 69.3 cm³/mol. The highest BCUT2D eigenvalue weighted by atomic mass is 16.5. The molecule has 1 aliphatic rings. The first-order chi connectivity index (χ1) is 8.24. The van der Waals surface area contributed by atoms with Gasteiger partial charge < -0.3 is 14.7 Å². The summed E-state index contributed by atoms with van der Waals surface area (Å²) in [4.78, 5) is 2.37. The Morgan fingerprint density at radius 1 is 1.41 bits per heavy atom. The summed E-state index contributed by atoms with van der Waals surface area (Å²) in [5.41, 5.74) is 2.16. The molecule has 3 heteroatoms. The summed E-state index contributed by atoms with van der Waals surface area (Å²) < 4.78 is 5.17. The number of rotatable bonds is 6. The number of ether oxygens (including phenoxy) is 1. The first kappa shape index (κ1) is 12.4. The maximum Gasteiger partial charge on any atom is 0.0781 e. The van der Waals surface area contributed by atoms with E-state index in [0.717, 1.165) is 24.4 Å². The molecule has 1 aliphatic carbocycles. The van der Waals surface area contributed by atoms with Gasteiger partial charge in [-0.3, -0.25) is 0 Å². The van der Waals surface area contributed by atoms with E-state index in [1.807, 2.05) is 25.1 Å². The molecule has 1 N–H and O–H groups in total. The fourth-order valence-corrected chi connectivity index (χ4v) is 2.18. The lowest BCUT2D eigenvalue weighted by Crippen LogP contribution is -2.30. The molecule has 1 aromatic rings. The maximum absolute atomic E-state index is 9.82. The standard InChI is InChI=1S/C14H21NO2/c1-11(16)13-5-3-4-6-14(13)15(9-10-17-2)12-7-8-12/h3-6,11-12,16H,7-10H2,1-2H3/t11-/m1/s1. The van der Waals surface area contributed by atoms with E-state index in [9.17, 15) is 5.11 Å². The van der Waals surface area contributed by atoms with E-state index in [1.54, 1.807) is 7.11 Å². The number of hydrogen-bond donors (Lipinski definition) is 1. The van der Waals surface area contributed by atoms with Gasteiger partial charge in [0, 0.05) is 30.9 Å². The summed E-state index contributed by atoms with van der Waals surface area (Å²) in [6, 6.07) is 8.74. The summed E-state index contributed by atoms with van der Waals surface area (Å²) in [5, 5.41) is 9.82. The minimum Gasteiger partial charge on any atom is -0.389 e. The van der Waals surface area contributed by atoms with Crippen molar-refractivity contribution in [2.45, 2.75) is 31.9 Å². The lowest BCUT2D eigenvalue weighted by Gasteiger charge is -2.27. The molecule has 0 aliphatic heterocycles. The number of nitrogens with zero attached hydrogens (tertiary/aromatic N) is 1. The van der Waals surface area contributed by atoms with Gasteiger partial charge in [0.1, 0.15) is 0 Å². The Balaban J connectivity index is 2.22. The topological polar surface area (TPSA) is 32.7 Å². The average Bonchev–Trinajstić information content (AvgIpc) is 3.14. The van der Waals surface area contributed by atoms with Crippen molar-refractivity contribution >= 4 is 5.69 Å². The lowest BCUT2D eigenvalue weighted by molar-refractivity contribution is 0.197. The highest BCUT2D eigenvalue weighted by Gasteiger charge is 2.30. The third-order valence-electron chi connectivity index (χ3n) is 3.22. The summed E-state index contributed by atoms with van der Waals surface area (Å²) >= 11 is 0. The van der Waals surface area contributed by atoms with Crippen molar-refractivity contribution in [2.75, 3.05) is 25.2 Å². The molecule has 1 atom stereocenters. The van der Waals surface area contributed by atoms with E-state index in [1.165, 1.54) is 12.8 Å². The molecule has 0 bridgehead atoms. The molecule has 1 fully saturated rings. The van der Waals surface area contributed by atoms with Gasteiger partial charge in [-0.15, -0.1) is 0 Å². The normalized spacial score (nSPS) is 16.9. The van der Waals surface area contributed by atoms with Crippen LogP contribution in [0.25, 0.3) is 0 Å². The van der Waals surface area contributed by atoms with E-state index < -0.39 is 6.10 Å². The van der Waals surface area contributed by atoms with Crippen LogP contribution in [-0.4, -0.2) is 31.4 Å². The second-order valence-corrected chi connectivity index (χ2v) is 4.65. The third kappa shape index (κ3) is 2.99. The van der Waals surface area contributed by atoms with Crippen LogP contribution in [0.3, 0.4) is 0 Å². The molecule has 2 rings (SSSR count). The fourth-order valence-electron chi connectivity index (χ4n) is 2.18. The Bertz CT molecular complexity index is 361. The van der Waals surface area contributed by atoms with Gasteiger partial charge in [-0.2, -0.15) is 0 Å². The number of para-hydroxylation sites is 1. The van der Waals surface area contributed by atoms with Gasteiger partial charge in [0.2, 0.25) is 0 Å². The van der Waals surface area contributed by atoms with E-state index in [-0.39, 0.29) is 0 Å². The average molecular weight is 235 g/mol. The van der Waals surface area contributed by atoms with Crippen molar-refractivity contribution in [3.8, 4) is 0 Å². The molecule has 1 aromatic carbocycles. The molecule has 0 heterocycles. The van der Waals surface area contributed by atoms with Crippen molar-refractivity contribution < 1.29 is 9.84 Å². The molecule has 0 saturated heterocycles. The molecule has 3 nitrogen and oxygen atoms in total. The van der Waals surface area contributed by atoms with Crippen LogP contribution in [0.2, 0.25) is 0 Å². The van der Waals surface area contributed by atoms with Gasteiger partial charge in [-0.05, 0) is 25.8 Å². The summed E-state index contributed by atoms with van der Waals surface area (Å²) in [5.74, 6) is 0. The monoisotopic (exact) mass is 235 g/mol. The Labute approximate surface area is 103 Å². The Morgan fingerprint density at radius 3 is 2.71 bits per heavy atom. The van der Waals surface area contributed by atoms with Crippen LogP contribution in [0.15, 0.2) is 24.3 Å². The number of methoxy groups -OCH3 is 1. The van der Waals surface area contributed by atoms with Crippen LogP contribution in [0.5, 0.6) is 0 Å². The van der Waals surface area contributed by atoms with Gasteiger partial charge >= 0.3 is 0 Å². The molecule has 94 valence electrons. The highest BCUT2D eigenvalue weighted by Crippen LogP contribution is 2.35. The smallest absolute Gasteiger partial charge is 0.0781 e. The molecule has 0 aromatic heterocycles. The molecule has 17 heavy (non-hydrogen) atoms. The summed E-state index contributed by atoms with van der Waals surface area (Å²) in [6.07, 6.45) is 2.07. The molecule has 0 amide bonds. The first-order valence-corrected chi connectivity index (χ1v) is 6.26. The predicted octanol–water partition coefficient (Wildman–Crippen LogP) is 2.36. The van der Waals surface area contributed by atoms with Crippen LogP contribution in [0.1, 0.15) is 31.4 Å². The first-order valence-electron chi connectivity index (χ1n) is 6.26. The lowest BCUT2D eigenvalue weighted by atomic mass is 10.1. The molecule has 0 unspecified atom stereocenters. The van der Waals surface area contributed by atoms with E-state index >= 15 is 0 Å². The second-order valence-electron chi connectivity index (χ2n) is 4.65. The molecule has 0 radical (unpaired) electrons. The van der Waals surface area contributed by atoms with Crippen LogP contribution >= 0.6 is 0 Å². The largest absolute Gasteiger partial charge is 0.389 e. The van der Waals surface area contributed by atoms with Crippen LogP contribution < -0.4 is 4.90 Å². The van der Waals surface area contributed by atoms with Crippen molar-refractivity contribution in [1.29, 1.82) is 0 Å². The van der Waals surface area contributed by atoms with Crippen LogP contribution in [-0.2, 0) is 4.74 Å². The van der Waals surface area contributed by atoms with Gasteiger partial charge in [0.05, 0.1) is 12.7 Å². The van der Waals surface area contributed by atoms with Crippen LogP contribution in [0, 0.1) is 0 Å². The van der Waals surface area contributed by atoms with Gasteiger partial charge in [0.15, 0.2) is 0 Å². The number of benzene rings is 1. The molecule has 1 saturated carbocycles. The molecular formula is C14H21NO2. The van der Waals surface area contributed by atoms with Crippen molar-refractivity contribution in [2.24, 2.45) is 0 Å². The fraction of sp³-hybridized carbons (Fsp3) is 0.571. The Kier molecular flexibility index (Phi) is 4.02. The van der Waals surface area contributed by atoms with E-state index in [2.05, 4.69) is 11.0 Å². The minimum atomic E-state index is -0.421. The zero-order valence-corrected chi connectivity index (χ0v) is 10.6. The van der Waals surface area contributed by atoms with Crippen molar-refractivity contribution in [1.82, 2.24) is 0 Å². The molecular weight excluding hydrogens is 214 g/mol. The van der Waals surface area contributed by atoms with Gasteiger partial charge in [-0.25, -0.2) is 0 Å². The van der Waals surface area contributed by atoms with Crippen molar-refractivity contribution in [3.05, 3.63) is 29.8 Å². The van der Waals surface area contributed by atoms with Crippen LogP contribution in [0.4, 0.5) is 5.69 Å². The van der Waals surface area contributed by atoms with E-state index in [0.29, 0.717) is 6.04 Å². The maximum atomic E-state index is 9.82. The Hall–Kier alpha value is -1.06. The highest BCUT2D eigenvalue weighted by molar-refractivity contribution is 5.56. The molecule has 0 spiro atoms. The van der Waals surface area contributed by atoms with Gasteiger partial charge in [0.25, 0.3) is 0 Å². The number of hydrogen-bond acceptors (Lipinski definition) is 3. The zero-order valence-electron chi connectivity index (χ0n) is 10.6. The number of anilines is 1. The second kappa shape index (κ2) is 5.52. The van der Waals surface area contributed by atoms with Gasteiger partial charge in [-0.1, -0.05) is 18.2 Å². The number of aliphatic hydroxyl groups is 1. The Morgan fingerprint density at radius 2 is 2.12 bits per heavy atom.